The fraction of sp³-hybridized carbons (Fsp3) is 0.308. The van der Waals surface area contributed by atoms with Gasteiger partial charge < -0.3 is 24.4 Å². The van der Waals surface area contributed by atoms with Crippen LogP contribution >= 0.6 is 0 Å². The maximum atomic E-state index is 12.7. The Hall–Kier alpha value is -3.74. The number of anilines is 2. The molecule has 7 heteroatoms. The van der Waals surface area contributed by atoms with E-state index in [1.807, 2.05) is 60.4 Å². The Bertz CT molecular complexity index is 1100. The van der Waals surface area contributed by atoms with Crippen molar-refractivity contribution < 1.29 is 19.0 Å². The number of methoxy groups -OCH3 is 2. The predicted molar refractivity (Wildman–Crippen MR) is 128 cm³/mol. The number of hydrogen-bond donors (Lipinski definition) is 1. The van der Waals surface area contributed by atoms with Crippen molar-refractivity contribution in [2.24, 2.45) is 0 Å². The van der Waals surface area contributed by atoms with E-state index in [0.717, 1.165) is 34.9 Å². The molecule has 0 radical (unpaired) electrons. The summed E-state index contributed by atoms with van der Waals surface area (Å²) in [6.45, 7) is 3.29. The van der Waals surface area contributed by atoms with E-state index in [9.17, 15) is 4.79 Å². The molecule has 1 atom stereocenters. The number of hydrogen-bond acceptors (Lipinski definition) is 6. The molecule has 172 valence electrons. The highest BCUT2D eigenvalue weighted by molar-refractivity contribution is 5.78. The normalized spacial score (nSPS) is 15.2. The Kier molecular flexibility index (Phi) is 6.98. The smallest absolute Gasteiger partial charge is 0.260 e. The molecule has 33 heavy (non-hydrogen) atoms. The fourth-order valence-corrected chi connectivity index (χ4v) is 4.01. The number of carbonyl (C=O) groups is 1. The summed E-state index contributed by atoms with van der Waals surface area (Å²) in [5, 5.41) is 3.44. The average molecular weight is 448 g/mol. The largest absolute Gasteiger partial charge is 0.497 e. The zero-order valence-corrected chi connectivity index (χ0v) is 19.2. The van der Waals surface area contributed by atoms with Gasteiger partial charge in [0.1, 0.15) is 5.75 Å². The fourth-order valence-electron chi connectivity index (χ4n) is 4.01. The van der Waals surface area contributed by atoms with Gasteiger partial charge in [0.15, 0.2) is 18.1 Å². The Morgan fingerprint density at radius 3 is 2.52 bits per heavy atom. The maximum absolute atomic E-state index is 12.7. The van der Waals surface area contributed by atoms with Crippen LogP contribution in [-0.4, -0.2) is 49.7 Å². The second kappa shape index (κ2) is 10.3. The summed E-state index contributed by atoms with van der Waals surface area (Å²) >= 11 is 0. The molecular weight excluding hydrogens is 418 g/mol. The molecule has 1 saturated heterocycles. The lowest BCUT2D eigenvalue weighted by Gasteiger charge is -2.18. The van der Waals surface area contributed by atoms with Crippen LogP contribution in [0.2, 0.25) is 0 Å². The number of aryl methyl sites for hydroxylation is 1. The molecule has 0 bridgehead atoms. The van der Waals surface area contributed by atoms with Crippen molar-refractivity contribution in [2.45, 2.75) is 19.3 Å². The van der Waals surface area contributed by atoms with E-state index in [0.29, 0.717) is 24.6 Å². The molecule has 1 aliphatic heterocycles. The molecule has 1 fully saturated rings. The van der Waals surface area contributed by atoms with Crippen molar-refractivity contribution in [3.8, 4) is 17.2 Å². The molecule has 0 aliphatic carbocycles. The van der Waals surface area contributed by atoms with Crippen molar-refractivity contribution in [1.29, 1.82) is 0 Å². The van der Waals surface area contributed by atoms with Crippen LogP contribution in [0.25, 0.3) is 0 Å². The summed E-state index contributed by atoms with van der Waals surface area (Å²) in [7, 11) is 3.24. The Morgan fingerprint density at radius 2 is 1.79 bits per heavy atom. The third-order valence-electron chi connectivity index (χ3n) is 5.73. The Balaban J connectivity index is 1.38. The first-order chi connectivity index (χ1) is 16.1. The first kappa shape index (κ1) is 22.5. The molecule has 1 aromatic heterocycles. The second-order valence-electron chi connectivity index (χ2n) is 8.04. The minimum Gasteiger partial charge on any atom is -0.497 e. The van der Waals surface area contributed by atoms with Crippen LogP contribution in [0.1, 0.15) is 23.7 Å². The molecule has 0 saturated carbocycles. The van der Waals surface area contributed by atoms with E-state index in [1.165, 1.54) is 0 Å². The topological polar surface area (TPSA) is 72.9 Å². The van der Waals surface area contributed by atoms with Crippen LogP contribution in [0.15, 0.2) is 60.7 Å². The number of nitrogens with zero attached hydrogens (tertiary/aromatic N) is 2. The number of ether oxygens (including phenoxy) is 3. The van der Waals surface area contributed by atoms with Crippen LogP contribution < -0.4 is 19.5 Å². The van der Waals surface area contributed by atoms with E-state index < -0.39 is 0 Å². The SMILES string of the molecule is COc1ccc(Nc2cc(C)nc([C@H]3CCN(C(=O)COc4ccccc4OC)C3)c2)cc1. The van der Waals surface area contributed by atoms with Gasteiger partial charge in [-0.05, 0) is 61.9 Å². The van der Waals surface area contributed by atoms with Gasteiger partial charge >= 0.3 is 0 Å². The van der Waals surface area contributed by atoms with Crippen molar-refractivity contribution >= 4 is 17.3 Å². The Morgan fingerprint density at radius 1 is 1.03 bits per heavy atom. The second-order valence-corrected chi connectivity index (χ2v) is 8.04. The van der Waals surface area contributed by atoms with Gasteiger partial charge in [-0.1, -0.05) is 12.1 Å². The molecule has 1 aliphatic rings. The van der Waals surface area contributed by atoms with Crippen LogP contribution in [0.3, 0.4) is 0 Å². The van der Waals surface area contributed by atoms with Crippen LogP contribution in [0, 0.1) is 6.92 Å². The van der Waals surface area contributed by atoms with Crippen molar-refractivity contribution in [2.75, 3.05) is 39.2 Å². The van der Waals surface area contributed by atoms with Gasteiger partial charge in [-0.15, -0.1) is 0 Å². The van der Waals surface area contributed by atoms with Gasteiger partial charge in [0.05, 0.1) is 14.2 Å². The summed E-state index contributed by atoms with van der Waals surface area (Å²) in [5.74, 6) is 2.16. The van der Waals surface area contributed by atoms with Crippen LogP contribution in [0.4, 0.5) is 11.4 Å². The monoisotopic (exact) mass is 447 g/mol. The third kappa shape index (κ3) is 5.55. The highest BCUT2D eigenvalue weighted by Gasteiger charge is 2.29. The predicted octanol–water partition coefficient (Wildman–Crippen LogP) is 4.55. The van der Waals surface area contributed by atoms with Crippen molar-refractivity contribution in [1.82, 2.24) is 9.88 Å². The summed E-state index contributed by atoms with van der Waals surface area (Å²) in [4.78, 5) is 19.3. The number of benzene rings is 2. The lowest BCUT2D eigenvalue weighted by molar-refractivity contribution is -0.132. The van der Waals surface area contributed by atoms with E-state index in [-0.39, 0.29) is 18.4 Å². The molecule has 0 unspecified atom stereocenters. The zero-order chi connectivity index (χ0) is 23.2. The lowest BCUT2D eigenvalue weighted by atomic mass is 10.0. The summed E-state index contributed by atoms with van der Waals surface area (Å²) in [6.07, 6.45) is 0.874. The van der Waals surface area contributed by atoms with Crippen molar-refractivity contribution in [3.63, 3.8) is 0 Å². The van der Waals surface area contributed by atoms with Gasteiger partial charge in [0, 0.05) is 41.8 Å². The summed E-state index contributed by atoms with van der Waals surface area (Å²) in [5.41, 5.74) is 3.88. The minimum atomic E-state index is -0.0346. The quantitative estimate of drug-likeness (QED) is 0.546. The summed E-state index contributed by atoms with van der Waals surface area (Å²) in [6, 6.07) is 19.2. The van der Waals surface area contributed by atoms with Gasteiger partial charge in [-0.25, -0.2) is 0 Å². The van der Waals surface area contributed by atoms with Crippen molar-refractivity contribution in [3.05, 3.63) is 72.1 Å². The zero-order valence-electron chi connectivity index (χ0n) is 19.2. The molecule has 1 N–H and O–H groups in total. The number of pyridine rings is 1. The number of amides is 1. The number of para-hydroxylation sites is 2. The molecule has 2 heterocycles. The minimum absolute atomic E-state index is 0.0153. The molecule has 7 nitrogen and oxygen atoms in total. The molecule has 3 aromatic rings. The molecule has 4 rings (SSSR count). The Labute approximate surface area is 194 Å². The molecule has 1 amide bonds. The number of aromatic nitrogens is 1. The number of rotatable bonds is 8. The van der Waals surface area contributed by atoms with E-state index in [2.05, 4.69) is 11.4 Å². The number of likely N-dealkylation sites (tertiary alicyclic amines) is 1. The highest BCUT2D eigenvalue weighted by atomic mass is 16.5. The highest BCUT2D eigenvalue weighted by Crippen LogP contribution is 2.30. The molecule has 0 spiro atoms. The first-order valence-corrected chi connectivity index (χ1v) is 11.0. The first-order valence-electron chi connectivity index (χ1n) is 11.0. The van der Waals surface area contributed by atoms with Crippen LogP contribution in [-0.2, 0) is 4.79 Å². The number of carbonyl (C=O) groups excluding carboxylic acids is 1. The molecular formula is C26H29N3O4. The van der Waals surface area contributed by atoms with Gasteiger partial charge in [0.25, 0.3) is 5.91 Å². The van der Waals surface area contributed by atoms with Crippen LogP contribution in [0.5, 0.6) is 17.2 Å². The van der Waals surface area contributed by atoms with E-state index in [1.54, 1.807) is 20.3 Å². The van der Waals surface area contributed by atoms with Gasteiger partial charge in [-0.2, -0.15) is 0 Å². The summed E-state index contributed by atoms with van der Waals surface area (Å²) < 4.78 is 16.2. The maximum Gasteiger partial charge on any atom is 0.260 e. The van der Waals surface area contributed by atoms with Gasteiger partial charge in [0.2, 0.25) is 0 Å². The third-order valence-corrected chi connectivity index (χ3v) is 5.73. The van der Waals surface area contributed by atoms with E-state index >= 15 is 0 Å². The lowest BCUT2D eigenvalue weighted by Crippen LogP contribution is -2.33. The average Bonchev–Trinajstić information content (AvgIpc) is 3.33. The van der Waals surface area contributed by atoms with Gasteiger partial charge in [-0.3, -0.25) is 9.78 Å². The molecule has 2 aromatic carbocycles. The van der Waals surface area contributed by atoms with E-state index in [4.69, 9.17) is 19.2 Å². The number of nitrogens with one attached hydrogen (secondary N) is 1. The standard InChI is InChI=1S/C26H29N3O4/c1-18-14-21(28-20-8-10-22(31-2)11-9-20)15-23(27-18)19-12-13-29(16-19)26(30)17-33-25-7-5-4-6-24(25)32-3/h4-11,14-15,19H,12-13,16-17H2,1-3H3,(H,27,28)/t19-/m0/s1.